The highest BCUT2D eigenvalue weighted by Crippen LogP contribution is 2.27. The third-order valence-corrected chi connectivity index (χ3v) is 4.98. The third kappa shape index (κ3) is 5.13. The molecule has 3 aromatic rings. The van der Waals surface area contributed by atoms with Crippen LogP contribution < -0.4 is 20.5 Å². The largest absolute Gasteiger partial charge is 0.497 e. The van der Waals surface area contributed by atoms with Gasteiger partial charge in [-0.25, -0.2) is 9.97 Å². The lowest BCUT2D eigenvalue weighted by atomic mass is 10.1. The number of carbonyl (C=O) groups is 1. The quantitative estimate of drug-likeness (QED) is 0.549. The van der Waals surface area contributed by atoms with Crippen LogP contribution in [0.3, 0.4) is 0 Å². The minimum absolute atomic E-state index is 0.279. The van der Waals surface area contributed by atoms with E-state index in [1.807, 2.05) is 36.4 Å². The van der Waals surface area contributed by atoms with Crippen LogP contribution in [0.1, 0.15) is 28.8 Å². The number of hydrogen-bond acceptors (Lipinski definition) is 6. The summed E-state index contributed by atoms with van der Waals surface area (Å²) in [7, 11) is 1.61. The molecule has 4 rings (SSSR count). The molecule has 162 valence electrons. The molecular weight excluding hydrogens is 404 g/mol. The summed E-state index contributed by atoms with van der Waals surface area (Å²) in [6, 6.07) is 14.6. The number of benzene rings is 2. The highest BCUT2D eigenvalue weighted by atomic mass is 16.5. The van der Waals surface area contributed by atoms with Gasteiger partial charge < -0.3 is 20.5 Å². The van der Waals surface area contributed by atoms with Gasteiger partial charge in [0.05, 0.1) is 18.4 Å². The van der Waals surface area contributed by atoms with Gasteiger partial charge in [0.1, 0.15) is 18.1 Å². The summed E-state index contributed by atoms with van der Waals surface area (Å²) in [5.74, 6) is 1.06. The molecule has 1 amide bonds. The van der Waals surface area contributed by atoms with Gasteiger partial charge in [0.15, 0.2) is 0 Å². The van der Waals surface area contributed by atoms with Gasteiger partial charge >= 0.3 is 0 Å². The molecule has 0 fully saturated rings. The lowest BCUT2D eigenvalue weighted by Crippen LogP contribution is -2.13. The maximum absolute atomic E-state index is 12.1. The molecule has 0 atom stereocenters. The second kappa shape index (κ2) is 9.78. The zero-order valence-electron chi connectivity index (χ0n) is 17.7. The normalized spacial score (nSPS) is 12.7. The van der Waals surface area contributed by atoms with E-state index in [4.69, 9.17) is 15.2 Å². The number of carbonyl (C=O) groups excluding carboxylic acids is 1. The number of nitrogens with one attached hydrogen (secondary N) is 1. The van der Waals surface area contributed by atoms with Crippen LogP contribution in [0.5, 0.6) is 11.5 Å². The number of aromatic nitrogens is 2. The molecule has 2 aromatic carbocycles. The second-order valence-electron chi connectivity index (χ2n) is 7.25. The van der Waals surface area contributed by atoms with E-state index in [2.05, 4.69) is 27.4 Å². The lowest BCUT2D eigenvalue weighted by molar-refractivity contribution is 0.0996. The monoisotopic (exact) mass is 428 g/mol. The molecule has 1 aromatic heterocycles. The van der Waals surface area contributed by atoms with Gasteiger partial charge in [-0.3, -0.25) is 4.79 Å². The third-order valence-electron chi connectivity index (χ3n) is 4.98. The summed E-state index contributed by atoms with van der Waals surface area (Å²) in [5, 5.41) is 3.21. The molecule has 1 aliphatic carbocycles. The molecule has 0 bridgehead atoms. The number of amides is 1. The van der Waals surface area contributed by atoms with Crippen LogP contribution in [0, 0.1) is 0 Å². The Morgan fingerprint density at radius 1 is 1.16 bits per heavy atom. The van der Waals surface area contributed by atoms with Crippen LogP contribution in [-0.4, -0.2) is 23.0 Å². The van der Waals surface area contributed by atoms with Crippen molar-refractivity contribution in [1.29, 1.82) is 0 Å². The first-order chi connectivity index (χ1) is 15.6. The van der Waals surface area contributed by atoms with Crippen LogP contribution >= 0.6 is 0 Å². The standard InChI is InChI=1S/C25H24N4O3/c1-31-20-9-5-6-17(14-20)16-32-23-11-10-18(15-21(23)24(26)30)22-12-13-27-25(29-22)28-19-7-3-2-4-8-19/h3,5-15H,2,4,16H2,1H3,(H2,26,30)(H,27,28,29). The van der Waals surface area contributed by atoms with E-state index < -0.39 is 5.91 Å². The second-order valence-corrected chi connectivity index (χ2v) is 7.25. The van der Waals surface area contributed by atoms with Crippen molar-refractivity contribution in [3.8, 4) is 22.8 Å². The van der Waals surface area contributed by atoms with Gasteiger partial charge in [0.25, 0.3) is 5.91 Å². The maximum atomic E-state index is 12.1. The fourth-order valence-electron chi connectivity index (χ4n) is 3.35. The predicted molar refractivity (Wildman–Crippen MR) is 123 cm³/mol. The van der Waals surface area contributed by atoms with Gasteiger partial charge in [-0.05, 0) is 60.9 Å². The number of ether oxygens (including phenoxy) is 2. The van der Waals surface area contributed by atoms with Gasteiger partial charge in [0.2, 0.25) is 5.95 Å². The van der Waals surface area contributed by atoms with Crippen molar-refractivity contribution in [3.63, 3.8) is 0 Å². The number of anilines is 1. The number of methoxy groups -OCH3 is 1. The molecule has 0 saturated carbocycles. The molecule has 1 heterocycles. The lowest BCUT2D eigenvalue weighted by Gasteiger charge is -2.13. The number of primary amides is 1. The Hall–Kier alpha value is -4.13. The fraction of sp³-hybridized carbons (Fsp3) is 0.160. The van der Waals surface area contributed by atoms with Crippen molar-refractivity contribution in [1.82, 2.24) is 9.97 Å². The zero-order chi connectivity index (χ0) is 22.3. The Balaban J connectivity index is 1.55. The van der Waals surface area contributed by atoms with Crippen molar-refractivity contribution in [2.45, 2.75) is 19.4 Å². The first-order valence-corrected chi connectivity index (χ1v) is 10.3. The average Bonchev–Trinajstić information content (AvgIpc) is 2.83. The van der Waals surface area contributed by atoms with E-state index in [1.54, 1.807) is 31.5 Å². The van der Waals surface area contributed by atoms with Crippen LogP contribution in [0.2, 0.25) is 0 Å². The van der Waals surface area contributed by atoms with E-state index in [0.29, 0.717) is 17.4 Å². The maximum Gasteiger partial charge on any atom is 0.252 e. The van der Waals surface area contributed by atoms with E-state index in [0.717, 1.165) is 35.4 Å². The number of nitrogens with zero attached hydrogens (tertiary/aromatic N) is 2. The molecule has 0 radical (unpaired) electrons. The molecule has 7 nitrogen and oxygen atoms in total. The highest BCUT2D eigenvalue weighted by molar-refractivity contribution is 5.97. The van der Waals surface area contributed by atoms with E-state index in [-0.39, 0.29) is 12.2 Å². The predicted octanol–water partition coefficient (Wildman–Crippen LogP) is 4.48. The van der Waals surface area contributed by atoms with Crippen LogP contribution in [0.4, 0.5) is 5.95 Å². The van der Waals surface area contributed by atoms with Crippen LogP contribution in [-0.2, 0) is 6.61 Å². The summed E-state index contributed by atoms with van der Waals surface area (Å²) in [4.78, 5) is 21.0. The highest BCUT2D eigenvalue weighted by Gasteiger charge is 2.13. The minimum atomic E-state index is -0.572. The van der Waals surface area contributed by atoms with Crippen molar-refractivity contribution in [2.75, 3.05) is 12.4 Å². The topological polar surface area (TPSA) is 99.4 Å². The van der Waals surface area contributed by atoms with Crippen molar-refractivity contribution >= 4 is 11.9 Å². The molecule has 7 heteroatoms. The molecule has 0 spiro atoms. The summed E-state index contributed by atoms with van der Waals surface area (Å²) in [6.45, 7) is 0.279. The Morgan fingerprint density at radius 2 is 2.06 bits per heavy atom. The molecule has 0 unspecified atom stereocenters. The van der Waals surface area contributed by atoms with E-state index >= 15 is 0 Å². The fourth-order valence-corrected chi connectivity index (χ4v) is 3.35. The minimum Gasteiger partial charge on any atom is -0.497 e. The van der Waals surface area contributed by atoms with Crippen molar-refractivity contribution in [2.24, 2.45) is 5.73 Å². The summed E-state index contributed by atoms with van der Waals surface area (Å²) >= 11 is 0. The van der Waals surface area contributed by atoms with Crippen LogP contribution in [0.25, 0.3) is 11.3 Å². The van der Waals surface area contributed by atoms with E-state index in [1.165, 1.54) is 0 Å². The number of allylic oxidation sites excluding steroid dienone is 3. The van der Waals surface area contributed by atoms with Crippen LogP contribution in [0.15, 0.2) is 78.7 Å². The van der Waals surface area contributed by atoms with Crippen molar-refractivity contribution < 1.29 is 14.3 Å². The number of hydrogen-bond donors (Lipinski definition) is 2. The Kier molecular flexibility index (Phi) is 6.46. The average molecular weight is 428 g/mol. The molecule has 1 aliphatic rings. The zero-order valence-corrected chi connectivity index (χ0v) is 17.7. The molecule has 32 heavy (non-hydrogen) atoms. The summed E-state index contributed by atoms with van der Waals surface area (Å²) < 4.78 is 11.1. The number of rotatable bonds is 8. The van der Waals surface area contributed by atoms with E-state index in [9.17, 15) is 4.79 Å². The smallest absolute Gasteiger partial charge is 0.252 e. The SMILES string of the molecule is COc1cccc(COc2ccc(-c3ccnc(NC4=CCCC=C4)n3)cc2C(N)=O)c1. The summed E-state index contributed by atoms with van der Waals surface area (Å²) in [6.07, 6.45) is 9.92. The molecular formula is C25H24N4O3. The Labute approximate surface area is 186 Å². The first-order valence-electron chi connectivity index (χ1n) is 10.3. The summed E-state index contributed by atoms with van der Waals surface area (Å²) in [5.41, 5.74) is 9.22. The van der Waals surface area contributed by atoms with Gasteiger partial charge in [-0.2, -0.15) is 0 Å². The number of nitrogens with two attached hydrogens (primary N) is 1. The van der Waals surface area contributed by atoms with Crippen molar-refractivity contribution in [3.05, 3.63) is 89.8 Å². The molecule has 0 saturated heterocycles. The van der Waals surface area contributed by atoms with Gasteiger partial charge in [0, 0.05) is 17.5 Å². The van der Waals surface area contributed by atoms with Gasteiger partial charge in [-0.15, -0.1) is 0 Å². The van der Waals surface area contributed by atoms with Gasteiger partial charge in [-0.1, -0.05) is 24.3 Å². The Morgan fingerprint density at radius 3 is 2.84 bits per heavy atom. The Bertz CT molecular complexity index is 1190. The molecule has 0 aliphatic heterocycles. The molecule has 3 N–H and O–H groups in total. The first kappa shape index (κ1) is 21.1.